The summed E-state index contributed by atoms with van der Waals surface area (Å²) in [5.41, 5.74) is 5.36. The van der Waals surface area contributed by atoms with E-state index < -0.39 is 10.6 Å². The van der Waals surface area contributed by atoms with Crippen molar-refractivity contribution in [3.8, 4) is 5.75 Å². The molecule has 0 unspecified atom stereocenters. The number of hydrogen-bond donors (Lipinski definition) is 1. The van der Waals surface area contributed by atoms with Gasteiger partial charge >= 0.3 is 11.4 Å². The average Bonchev–Trinajstić information content (AvgIpc) is 2.40. The third kappa shape index (κ3) is 3.31. The van der Waals surface area contributed by atoms with E-state index >= 15 is 0 Å². The van der Waals surface area contributed by atoms with Crippen molar-refractivity contribution < 1.29 is 9.66 Å². The maximum absolute atomic E-state index is 11.4. The maximum atomic E-state index is 11.4. The Kier molecular flexibility index (Phi) is 3.94. The van der Waals surface area contributed by atoms with Crippen LogP contribution >= 0.6 is 0 Å². The molecule has 0 radical (unpaired) electrons. The van der Waals surface area contributed by atoms with E-state index in [9.17, 15) is 14.9 Å². The van der Waals surface area contributed by atoms with Crippen molar-refractivity contribution in [2.45, 2.75) is 6.54 Å². The predicted molar refractivity (Wildman–Crippen MR) is 71.5 cm³/mol. The van der Waals surface area contributed by atoms with Gasteiger partial charge in [-0.05, 0) is 12.1 Å². The molecular formula is C12H12N4O4. The maximum Gasteiger partial charge on any atom is 0.348 e. The van der Waals surface area contributed by atoms with Crippen molar-refractivity contribution in [2.75, 3.05) is 12.3 Å². The molecule has 0 bridgehead atoms. The summed E-state index contributed by atoms with van der Waals surface area (Å²) in [6, 6.07) is 6.84. The fourth-order valence-corrected chi connectivity index (χ4v) is 1.56. The Morgan fingerprint density at radius 1 is 1.45 bits per heavy atom. The number of nitrogens with zero attached hydrogens (tertiary/aromatic N) is 3. The molecule has 1 aromatic carbocycles. The lowest BCUT2D eigenvalue weighted by atomic mass is 10.3. The summed E-state index contributed by atoms with van der Waals surface area (Å²) in [7, 11) is 0. The molecule has 1 aromatic heterocycles. The average molecular weight is 276 g/mol. The summed E-state index contributed by atoms with van der Waals surface area (Å²) in [6.07, 6.45) is 2.07. The van der Waals surface area contributed by atoms with E-state index in [1.54, 1.807) is 24.3 Å². The number of nitrogen functional groups attached to an aromatic ring is 1. The highest BCUT2D eigenvalue weighted by Gasteiger charge is 2.08. The number of aromatic nitrogens is 2. The van der Waals surface area contributed by atoms with Crippen LogP contribution in [0.3, 0.4) is 0 Å². The first-order valence-electron chi connectivity index (χ1n) is 5.75. The molecule has 0 atom stereocenters. The van der Waals surface area contributed by atoms with Gasteiger partial charge in [-0.3, -0.25) is 14.7 Å². The SMILES string of the molecule is Nc1cccc(OCCn2cc([N+](=O)[O-])cnc2=O)c1. The number of rotatable bonds is 5. The van der Waals surface area contributed by atoms with E-state index in [2.05, 4.69) is 4.98 Å². The number of anilines is 1. The molecule has 0 amide bonds. The van der Waals surface area contributed by atoms with E-state index in [4.69, 9.17) is 10.5 Å². The van der Waals surface area contributed by atoms with E-state index in [0.717, 1.165) is 17.0 Å². The van der Waals surface area contributed by atoms with E-state index in [1.807, 2.05) is 0 Å². The van der Waals surface area contributed by atoms with Crippen LogP contribution in [0.5, 0.6) is 5.75 Å². The first-order chi connectivity index (χ1) is 9.56. The highest BCUT2D eigenvalue weighted by molar-refractivity contribution is 5.43. The van der Waals surface area contributed by atoms with Crippen molar-refractivity contribution in [1.82, 2.24) is 9.55 Å². The van der Waals surface area contributed by atoms with Crippen molar-refractivity contribution >= 4 is 11.4 Å². The van der Waals surface area contributed by atoms with Gasteiger partial charge < -0.3 is 10.5 Å². The molecule has 2 rings (SSSR count). The van der Waals surface area contributed by atoms with Gasteiger partial charge in [0.05, 0.1) is 17.7 Å². The normalized spacial score (nSPS) is 10.2. The zero-order valence-electron chi connectivity index (χ0n) is 10.4. The molecule has 0 aliphatic carbocycles. The van der Waals surface area contributed by atoms with Crippen LogP contribution in [0.2, 0.25) is 0 Å². The molecule has 8 nitrogen and oxygen atoms in total. The molecule has 0 aliphatic rings. The zero-order valence-corrected chi connectivity index (χ0v) is 10.4. The van der Waals surface area contributed by atoms with Crippen molar-refractivity contribution in [1.29, 1.82) is 0 Å². The molecular weight excluding hydrogens is 264 g/mol. The minimum absolute atomic E-state index is 0.155. The summed E-state index contributed by atoms with van der Waals surface area (Å²) >= 11 is 0. The lowest BCUT2D eigenvalue weighted by molar-refractivity contribution is -0.385. The topological polar surface area (TPSA) is 113 Å². The number of hydrogen-bond acceptors (Lipinski definition) is 6. The van der Waals surface area contributed by atoms with Crippen molar-refractivity contribution in [3.63, 3.8) is 0 Å². The fourth-order valence-electron chi connectivity index (χ4n) is 1.56. The number of ether oxygens (including phenoxy) is 1. The first-order valence-corrected chi connectivity index (χ1v) is 5.75. The number of nitrogens with two attached hydrogens (primary N) is 1. The Morgan fingerprint density at radius 3 is 2.95 bits per heavy atom. The second kappa shape index (κ2) is 5.83. The molecule has 0 fully saturated rings. The largest absolute Gasteiger partial charge is 0.492 e. The standard InChI is InChI=1S/C12H12N4O4/c13-9-2-1-3-11(6-9)20-5-4-15-8-10(16(18)19)7-14-12(15)17/h1-3,6-8H,4-5,13H2. The Hall–Kier alpha value is -2.90. The second-order valence-corrected chi connectivity index (χ2v) is 3.97. The first kappa shape index (κ1) is 13.5. The van der Waals surface area contributed by atoms with Gasteiger partial charge in [-0.2, -0.15) is 4.98 Å². The summed E-state index contributed by atoms with van der Waals surface area (Å²) in [5.74, 6) is 0.566. The Balaban J connectivity index is 2.02. The van der Waals surface area contributed by atoms with Crippen molar-refractivity contribution in [2.24, 2.45) is 0 Å². The molecule has 0 saturated carbocycles. The van der Waals surface area contributed by atoms with Crippen LogP contribution in [0.25, 0.3) is 0 Å². The Labute approximate surface area is 113 Å². The van der Waals surface area contributed by atoms with Crippen LogP contribution in [0.1, 0.15) is 0 Å². The molecule has 2 N–H and O–H groups in total. The third-order valence-electron chi connectivity index (χ3n) is 2.51. The molecule has 20 heavy (non-hydrogen) atoms. The summed E-state index contributed by atoms with van der Waals surface area (Å²) in [4.78, 5) is 24.9. The van der Waals surface area contributed by atoms with Crippen LogP contribution in [0.4, 0.5) is 11.4 Å². The summed E-state index contributed by atoms with van der Waals surface area (Å²) < 4.78 is 6.54. The molecule has 8 heteroatoms. The van der Waals surface area contributed by atoms with Gasteiger partial charge in [0.2, 0.25) is 0 Å². The summed E-state index contributed by atoms with van der Waals surface area (Å²) in [6.45, 7) is 0.328. The highest BCUT2D eigenvalue weighted by atomic mass is 16.6. The van der Waals surface area contributed by atoms with E-state index in [-0.39, 0.29) is 18.8 Å². The molecule has 0 spiro atoms. The van der Waals surface area contributed by atoms with Crippen LogP contribution in [0, 0.1) is 10.1 Å². The highest BCUT2D eigenvalue weighted by Crippen LogP contribution is 2.14. The van der Waals surface area contributed by atoms with Gasteiger partial charge in [-0.15, -0.1) is 0 Å². The van der Waals surface area contributed by atoms with Gasteiger partial charge in [-0.25, -0.2) is 4.79 Å². The quantitative estimate of drug-likeness (QED) is 0.491. The molecule has 1 heterocycles. The lowest BCUT2D eigenvalue weighted by Gasteiger charge is -2.08. The monoisotopic (exact) mass is 276 g/mol. The second-order valence-electron chi connectivity index (χ2n) is 3.97. The van der Waals surface area contributed by atoms with E-state index in [1.165, 1.54) is 0 Å². The Morgan fingerprint density at radius 2 is 2.25 bits per heavy atom. The zero-order chi connectivity index (χ0) is 14.5. The lowest BCUT2D eigenvalue weighted by Crippen LogP contribution is -2.25. The van der Waals surface area contributed by atoms with Crippen LogP contribution in [0.15, 0.2) is 41.5 Å². The number of nitro groups is 1. The minimum Gasteiger partial charge on any atom is -0.492 e. The smallest absolute Gasteiger partial charge is 0.348 e. The predicted octanol–water partition coefficient (Wildman–Crippen LogP) is 0.813. The van der Waals surface area contributed by atoms with Crippen LogP contribution in [-0.2, 0) is 6.54 Å². The molecule has 104 valence electrons. The Bertz CT molecular complexity index is 683. The van der Waals surface area contributed by atoms with Crippen LogP contribution < -0.4 is 16.2 Å². The van der Waals surface area contributed by atoms with Crippen LogP contribution in [-0.4, -0.2) is 21.1 Å². The van der Waals surface area contributed by atoms with Crippen molar-refractivity contribution in [3.05, 3.63) is 57.3 Å². The minimum atomic E-state index is -0.609. The molecule has 0 aliphatic heterocycles. The molecule has 0 saturated heterocycles. The third-order valence-corrected chi connectivity index (χ3v) is 2.51. The fraction of sp³-hybridized carbons (Fsp3) is 0.167. The van der Waals surface area contributed by atoms with Gasteiger partial charge in [0.25, 0.3) is 0 Å². The van der Waals surface area contributed by atoms with Gasteiger partial charge in [0.15, 0.2) is 0 Å². The van der Waals surface area contributed by atoms with Gasteiger partial charge in [-0.1, -0.05) is 6.07 Å². The molecule has 2 aromatic rings. The summed E-state index contributed by atoms with van der Waals surface area (Å²) in [5, 5.41) is 10.6. The van der Waals surface area contributed by atoms with Gasteiger partial charge in [0, 0.05) is 11.8 Å². The van der Waals surface area contributed by atoms with E-state index in [0.29, 0.717) is 11.4 Å². The van der Waals surface area contributed by atoms with Gasteiger partial charge in [0.1, 0.15) is 18.6 Å². The number of benzene rings is 1.